The molecule has 0 aliphatic carbocycles. The number of piperazine rings is 1. The topological polar surface area (TPSA) is 58.6 Å². The SMILES string of the molecule is CCCC1NC(=O)C(C)N(CC2CCC(C)O2)C1=O. The molecule has 2 aliphatic heterocycles. The van der Waals surface area contributed by atoms with Crippen LogP contribution in [0.3, 0.4) is 0 Å². The van der Waals surface area contributed by atoms with Crippen LogP contribution in [0.2, 0.25) is 0 Å². The maximum atomic E-state index is 12.4. The zero-order valence-electron chi connectivity index (χ0n) is 12.0. The molecule has 108 valence electrons. The van der Waals surface area contributed by atoms with Crippen LogP contribution in [0.5, 0.6) is 0 Å². The zero-order chi connectivity index (χ0) is 14.0. The molecule has 2 amide bonds. The lowest BCUT2D eigenvalue weighted by Crippen LogP contribution is -2.63. The quantitative estimate of drug-likeness (QED) is 0.829. The van der Waals surface area contributed by atoms with Gasteiger partial charge in [0.05, 0.1) is 12.2 Å². The Hall–Kier alpha value is -1.10. The zero-order valence-corrected chi connectivity index (χ0v) is 12.0. The van der Waals surface area contributed by atoms with Gasteiger partial charge in [0.15, 0.2) is 0 Å². The Morgan fingerprint density at radius 1 is 1.32 bits per heavy atom. The maximum absolute atomic E-state index is 12.4. The summed E-state index contributed by atoms with van der Waals surface area (Å²) in [4.78, 5) is 26.0. The van der Waals surface area contributed by atoms with Crippen LogP contribution < -0.4 is 5.32 Å². The first kappa shape index (κ1) is 14.3. The molecule has 2 rings (SSSR count). The van der Waals surface area contributed by atoms with Crippen LogP contribution in [0, 0.1) is 0 Å². The Bertz CT molecular complexity index is 359. The Morgan fingerprint density at radius 3 is 2.63 bits per heavy atom. The first-order valence-electron chi connectivity index (χ1n) is 7.29. The third-order valence-corrected chi connectivity index (χ3v) is 4.04. The van der Waals surface area contributed by atoms with Crippen LogP contribution in [0.15, 0.2) is 0 Å². The molecule has 5 nitrogen and oxygen atoms in total. The average molecular weight is 268 g/mol. The van der Waals surface area contributed by atoms with Crippen molar-refractivity contribution in [1.29, 1.82) is 0 Å². The molecule has 5 heteroatoms. The van der Waals surface area contributed by atoms with Crippen molar-refractivity contribution in [2.45, 2.75) is 70.7 Å². The van der Waals surface area contributed by atoms with Gasteiger partial charge < -0.3 is 15.0 Å². The summed E-state index contributed by atoms with van der Waals surface area (Å²) >= 11 is 0. The van der Waals surface area contributed by atoms with Crippen molar-refractivity contribution in [3.63, 3.8) is 0 Å². The monoisotopic (exact) mass is 268 g/mol. The highest BCUT2D eigenvalue weighted by Crippen LogP contribution is 2.22. The van der Waals surface area contributed by atoms with Crippen LogP contribution >= 0.6 is 0 Å². The van der Waals surface area contributed by atoms with E-state index in [9.17, 15) is 9.59 Å². The van der Waals surface area contributed by atoms with Gasteiger partial charge in [-0.25, -0.2) is 0 Å². The van der Waals surface area contributed by atoms with Gasteiger partial charge in [-0.05, 0) is 33.1 Å². The molecule has 2 fully saturated rings. The Labute approximate surface area is 114 Å². The number of carbonyl (C=O) groups is 2. The highest BCUT2D eigenvalue weighted by molar-refractivity contribution is 5.96. The van der Waals surface area contributed by atoms with E-state index in [0.717, 1.165) is 19.3 Å². The normalized spacial score (nSPS) is 35.6. The molecule has 2 saturated heterocycles. The van der Waals surface area contributed by atoms with Gasteiger partial charge in [-0.1, -0.05) is 13.3 Å². The van der Waals surface area contributed by atoms with E-state index in [0.29, 0.717) is 13.0 Å². The van der Waals surface area contributed by atoms with E-state index in [1.807, 2.05) is 13.8 Å². The molecule has 19 heavy (non-hydrogen) atoms. The van der Waals surface area contributed by atoms with Crippen molar-refractivity contribution in [3.05, 3.63) is 0 Å². The van der Waals surface area contributed by atoms with Crippen molar-refractivity contribution in [3.8, 4) is 0 Å². The number of nitrogens with one attached hydrogen (secondary N) is 1. The summed E-state index contributed by atoms with van der Waals surface area (Å²) in [6.07, 6.45) is 3.93. The number of hydrogen-bond acceptors (Lipinski definition) is 3. The van der Waals surface area contributed by atoms with Crippen LogP contribution in [-0.4, -0.2) is 47.6 Å². The van der Waals surface area contributed by atoms with Crippen molar-refractivity contribution >= 4 is 11.8 Å². The Kier molecular flexibility index (Phi) is 4.45. The fraction of sp³-hybridized carbons (Fsp3) is 0.857. The third-order valence-electron chi connectivity index (χ3n) is 4.04. The minimum absolute atomic E-state index is 0.0390. The van der Waals surface area contributed by atoms with Crippen molar-refractivity contribution in [1.82, 2.24) is 10.2 Å². The fourth-order valence-corrected chi connectivity index (χ4v) is 2.86. The second-order valence-electron chi connectivity index (χ2n) is 5.66. The van der Waals surface area contributed by atoms with Crippen molar-refractivity contribution in [2.24, 2.45) is 0 Å². The van der Waals surface area contributed by atoms with Gasteiger partial charge in [0.2, 0.25) is 11.8 Å². The molecule has 0 saturated carbocycles. The molecule has 0 bridgehead atoms. The number of hydrogen-bond donors (Lipinski definition) is 1. The molecule has 0 radical (unpaired) electrons. The van der Waals surface area contributed by atoms with Gasteiger partial charge in [-0.2, -0.15) is 0 Å². The molecule has 2 heterocycles. The fourth-order valence-electron chi connectivity index (χ4n) is 2.86. The van der Waals surface area contributed by atoms with Crippen LogP contribution in [0.25, 0.3) is 0 Å². The number of rotatable bonds is 4. The van der Waals surface area contributed by atoms with E-state index in [4.69, 9.17) is 4.74 Å². The van der Waals surface area contributed by atoms with E-state index in [-0.39, 0.29) is 36.1 Å². The first-order chi connectivity index (χ1) is 9.02. The molecule has 0 aromatic rings. The third kappa shape index (κ3) is 3.08. The lowest BCUT2D eigenvalue weighted by molar-refractivity contribution is -0.150. The van der Waals surface area contributed by atoms with Gasteiger partial charge in [-0.3, -0.25) is 9.59 Å². The predicted molar refractivity (Wildman–Crippen MR) is 71.6 cm³/mol. The second kappa shape index (κ2) is 5.90. The van der Waals surface area contributed by atoms with Crippen LogP contribution in [-0.2, 0) is 14.3 Å². The summed E-state index contributed by atoms with van der Waals surface area (Å²) in [6, 6.07) is -0.743. The van der Waals surface area contributed by atoms with Crippen molar-refractivity contribution < 1.29 is 14.3 Å². The van der Waals surface area contributed by atoms with Gasteiger partial charge in [0.25, 0.3) is 0 Å². The summed E-state index contributed by atoms with van der Waals surface area (Å²) in [6.45, 7) is 6.39. The van der Waals surface area contributed by atoms with Gasteiger partial charge >= 0.3 is 0 Å². The molecular weight excluding hydrogens is 244 g/mol. The van der Waals surface area contributed by atoms with Gasteiger partial charge in [0, 0.05) is 6.54 Å². The number of amides is 2. The predicted octanol–water partition coefficient (Wildman–Crippen LogP) is 1.07. The van der Waals surface area contributed by atoms with E-state index in [1.54, 1.807) is 11.8 Å². The Balaban J connectivity index is 2.02. The first-order valence-corrected chi connectivity index (χ1v) is 7.29. The summed E-state index contributed by atoms with van der Waals surface area (Å²) in [5.41, 5.74) is 0. The summed E-state index contributed by atoms with van der Waals surface area (Å²) < 4.78 is 5.77. The average Bonchev–Trinajstić information content (AvgIpc) is 2.77. The minimum atomic E-state index is -0.389. The minimum Gasteiger partial charge on any atom is -0.373 e. The molecule has 2 aliphatic rings. The van der Waals surface area contributed by atoms with E-state index < -0.39 is 0 Å². The molecule has 4 unspecified atom stereocenters. The Morgan fingerprint density at radius 2 is 2.05 bits per heavy atom. The standard InChI is InChI=1S/C14H24N2O3/c1-4-5-12-14(18)16(10(3)13(17)15-12)8-11-7-6-9(2)19-11/h9-12H,4-8H2,1-3H3,(H,15,17). The second-order valence-corrected chi connectivity index (χ2v) is 5.66. The molecule has 0 aromatic heterocycles. The molecule has 0 spiro atoms. The van der Waals surface area contributed by atoms with E-state index >= 15 is 0 Å². The largest absolute Gasteiger partial charge is 0.373 e. The van der Waals surface area contributed by atoms with E-state index in [1.165, 1.54) is 0 Å². The van der Waals surface area contributed by atoms with E-state index in [2.05, 4.69) is 5.32 Å². The molecule has 0 aromatic carbocycles. The molecular formula is C14H24N2O3. The number of carbonyl (C=O) groups excluding carboxylic acids is 2. The van der Waals surface area contributed by atoms with Crippen LogP contribution in [0.1, 0.15) is 46.5 Å². The van der Waals surface area contributed by atoms with Gasteiger partial charge in [0.1, 0.15) is 12.1 Å². The maximum Gasteiger partial charge on any atom is 0.245 e. The summed E-state index contributed by atoms with van der Waals surface area (Å²) in [5, 5.41) is 2.81. The summed E-state index contributed by atoms with van der Waals surface area (Å²) in [5.74, 6) is -0.0128. The highest BCUT2D eigenvalue weighted by Gasteiger charge is 2.39. The van der Waals surface area contributed by atoms with Gasteiger partial charge in [-0.15, -0.1) is 0 Å². The molecule has 4 atom stereocenters. The lowest BCUT2D eigenvalue weighted by atomic mass is 10.0. The number of nitrogens with zero attached hydrogens (tertiary/aromatic N) is 1. The molecule has 1 N–H and O–H groups in total. The highest BCUT2D eigenvalue weighted by atomic mass is 16.5. The number of ether oxygens (including phenoxy) is 1. The van der Waals surface area contributed by atoms with Crippen LogP contribution in [0.4, 0.5) is 0 Å². The smallest absolute Gasteiger partial charge is 0.245 e. The lowest BCUT2D eigenvalue weighted by Gasteiger charge is -2.38. The summed E-state index contributed by atoms with van der Waals surface area (Å²) in [7, 11) is 0. The van der Waals surface area contributed by atoms with Crippen molar-refractivity contribution in [2.75, 3.05) is 6.54 Å².